The maximum atomic E-state index is 5.75. The molecule has 108 valence electrons. The number of alkyl halides is 1. The number of aromatic nitrogens is 1. The molecule has 0 aliphatic carbocycles. The first kappa shape index (κ1) is 14.9. The molecule has 0 aliphatic rings. The lowest BCUT2D eigenvalue weighted by Gasteiger charge is -2.13. The van der Waals surface area contributed by atoms with Crippen LogP contribution in [0.5, 0.6) is 17.2 Å². The Morgan fingerprint density at radius 1 is 1.20 bits per heavy atom. The van der Waals surface area contributed by atoms with Gasteiger partial charge in [0.25, 0.3) is 0 Å². The number of halogens is 1. The zero-order chi connectivity index (χ0) is 14.4. The van der Waals surface area contributed by atoms with Crippen molar-refractivity contribution in [3.63, 3.8) is 0 Å². The maximum Gasteiger partial charge on any atom is 0.203 e. The topological polar surface area (TPSA) is 40.6 Å². The Bertz CT molecular complexity index is 559. The second-order valence-corrected chi connectivity index (χ2v) is 5.17. The normalized spacial score (nSPS) is 10.3. The molecule has 1 aromatic heterocycles. The van der Waals surface area contributed by atoms with Crippen LogP contribution in [0, 0.1) is 0 Å². The van der Waals surface area contributed by atoms with Gasteiger partial charge in [0.2, 0.25) is 5.75 Å². The summed E-state index contributed by atoms with van der Waals surface area (Å²) in [7, 11) is 3.20. The summed E-state index contributed by atoms with van der Waals surface area (Å²) in [4.78, 5) is 4.39. The molecule has 2 rings (SSSR count). The van der Waals surface area contributed by atoms with Crippen LogP contribution in [-0.2, 0) is 12.3 Å². The van der Waals surface area contributed by atoms with Crippen LogP contribution in [-0.4, -0.2) is 25.8 Å². The van der Waals surface area contributed by atoms with E-state index in [1.165, 1.54) is 0 Å². The van der Waals surface area contributed by atoms with Crippen molar-refractivity contribution in [1.82, 2.24) is 4.98 Å². The summed E-state index contributed by atoms with van der Waals surface area (Å²) in [6.07, 6.45) is 0.738. The zero-order valence-corrected chi connectivity index (χ0v) is 13.0. The predicted octanol–water partition coefficient (Wildman–Crippen LogP) is 3.52. The second kappa shape index (κ2) is 7.36. The minimum atomic E-state index is 0.446. The standard InChI is InChI=1S/C14H16ClNO3S/c1-17-11-4-3-5-12(14(11)18-2)19-7-6-13-16-10(8-15)9-20-13/h3-5,9H,6-8H2,1-2H3. The van der Waals surface area contributed by atoms with Crippen LogP contribution in [0.3, 0.4) is 0 Å². The van der Waals surface area contributed by atoms with E-state index in [1.807, 2.05) is 23.6 Å². The number of methoxy groups -OCH3 is 2. The SMILES string of the molecule is COc1cccc(OCCc2nc(CCl)cs2)c1OC. The molecule has 0 saturated heterocycles. The highest BCUT2D eigenvalue weighted by Gasteiger charge is 2.10. The highest BCUT2D eigenvalue weighted by atomic mass is 35.5. The molecular weight excluding hydrogens is 298 g/mol. The van der Waals surface area contributed by atoms with Crippen molar-refractivity contribution in [2.75, 3.05) is 20.8 Å². The van der Waals surface area contributed by atoms with E-state index in [4.69, 9.17) is 25.8 Å². The number of ether oxygens (including phenoxy) is 3. The van der Waals surface area contributed by atoms with Crippen LogP contribution in [0.25, 0.3) is 0 Å². The lowest BCUT2D eigenvalue weighted by Crippen LogP contribution is -2.03. The molecule has 1 aromatic carbocycles. The minimum absolute atomic E-state index is 0.446. The van der Waals surface area contributed by atoms with E-state index in [-0.39, 0.29) is 0 Å². The van der Waals surface area contributed by atoms with Crippen molar-refractivity contribution >= 4 is 22.9 Å². The van der Waals surface area contributed by atoms with Gasteiger partial charge in [-0.1, -0.05) is 6.07 Å². The van der Waals surface area contributed by atoms with Crippen LogP contribution in [0.2, 0.25) is 0 Å². The average molecular weight is 314 g/mol. The number of nitrogens with zero attached hydrogens (tertiary/aromatic N) is 1. The van der Waals surface area contributed by atoms with Crippen LogP contribution >= 0.6 is 22.9 Å². The Morgan fingerprint density at radius 3 is 2.65 bits per heavy atom. The van der Waals surface area contributed by atoms with Crippen LogP contribution in [0.4, 0.5) is 0 Å². The molecule has 0 atom stereocenters. The molecule has 0 spiro atoms. The van der Waals surface area contributed by atoms with Crippen molar-refractivity contribution in [2.24, 2.45) is 0 Å². The van der Waals surface area contributed by atoms with Gasteiger partial charge in [0, 0.05) is 11.8 Å². The Hall–Kier alpha value is -1.46. The van der Waals surface area contributed by atoms with Crippen LogP contribution < -0.4 is 14.2 Å². The third kappa shape index (κ3) is 3.55. The molecule has 20 heavy (non-hydrogen) atoms. The lowest BCUT2D eigenvalue weighted by molar-refractivity contribution is 0.286. The van der Waals surface area contributed by atoms with E-state index in [2.05, 4.69) is 4.98 Å². The molecule has 0 radical (unpaired) electrons. The first-order valence-corrected chi connectivity index (χ1v) is 7.53. The van der Waals surface area contributed by atoms with Crippen molar-refractivity contribution in [3.05, 3.63) is 34.3 Å². The van der Waals surface area contributed by atoms with Gasteiger partial charge in [0.15, 0.2) is 11.5 Å². The highest BCUT2D eigenvalue weighted by molar-refractivity contribution is 7.09. The Morgan fingerprint density at radius 2 is 2.00 bits per heavy atom. The molecule has 0 fully saturated rings. The number of benzene rings is 1. The molecular formula is C14H16ClNO3S. The van der Waals surface area contributed by atoms with Gasteiger partial charge < -0.3 is 14.2 Å². The van der Waals surface area contributed by atoms with Gasteiger partial charge in [-0.15, -0.1) is 22.9 Å². The zero-order valence-electron chi connectivity index (χ0n) is 11.4. The highest BCUT2D eigenvalue weighted by Crippen LogP contribution is 2.36. The molecule has 1 heterocycles. The van der Waals surface area contributed by atoms with Gasteiger partial charge in [0.05, 0.1) is 37.4 Å². The van der Waals surface area contributed by atoms with E-state index in [0.717, 1.165) is 17.1 Å². The first-order chi connectivity index (χ1) is 9.78. The summed E-state index contributed by atoms with van der Waals surface area (Å²) in [5.41, 5.74) is 0.908. The van der Waals surface area contributed by atoms with Gasteiger partial charge in [-0.25, -0.2) is 4.98 Å². The molecule has 0 unspecified atom stereocenters. The molecule has 0 saturated carbocycles. The van der Waals surface area contributed by atoms with Crippen molar-refractivity contribution in [3.8, 4) is 17.2 Å². The number of hydrogen-bond donors (Lipinski definition) is 0. The number of para-hydroxylation sites is 1. The van der Waals surface area contributed by atoms with E-state index in [1.54, 1.807) is 25.6 Å². The van der Waals surface area contributed by atoms with Crippen molar-refractivity contribution in [2.45, 2.75) is 12.3 Å². The summed E-state index contributed by atoms with van der Waals surface area (Å²) >= 11 is 7.32. The Balaban J connectivity index is 1.97. The summed E-state index contributed by atoms with van der Waals surface area (Å²) in [6, 6.07) is 5.55. The Labute approximate surface area is 127 Å². The summed E-state index contributed by atoms with van der Waals surface area (Å²) in [5.74, 6) is 2.38. The summed E-state index contributed by atoms with van der Waals surface area (Å²) < 4.78 is 16.3. The van der Waals surface area contributed by atoms with Crippen molar-refractivity contribution in [1.29, 1.82) is 0 Å². The summed E-state index contributed by atoms with van der Waals surface area (Å²) in [6.45, 7) is 0.527. The third-order valence-electron chi connectivity index (χ3n) is 2.68. The third-order valence-corrected chi connectivity index (χ3v) is 3.91. The van der Waals surface area contributed by atoms with Gasteiger partial charge in [0.1, 0.15) is 0 Å². The average Bonchev–Trinajstić information content (AvgIpc) is 2.94. The van der Waals surface area contributed by atoms with Gasteiger partial charge in [-0.05, 0) is 12.1 Å². The quantitative estimate of drug-likeness (QED) is 0.733. The molecule has 0 amide bonds. The van der Waals surface area contributed by atoms with E-state index < -0.39 is 0 Å². The van der Waals surface area contributed by atoms with Crippen LogP contribution in [0.15, 0.2) is 23.6 Å². The number of thiazole rings is 1. The van der Waals surface area contributed by atoms with E-state index >= 15 is 0 Å². The predicted molar refractivity (Wildman–Crippen MR) is 80.4 cm³/mol. The maximum absolute atomic E-state index is 5.75. The Kier molecular flexibility index (Phi) is 5.49. The number of rotatable bonds is 7. The summed E-state index contributed by atoms with van der Waals surface area (Å²) in [5, 5.41) is 2.98. The number of hydrogen-bond acceptors (Lipinski definition) is 5. The molecule has 0 bridgehead atoms. The van der Waals surface area contributed by atoms with Gasteiger partial charge in [-0.3, -0.25) is 0 Å². The minimum Gasteiger partial charge on any atom is -0.493 e. The van der Waals surface area contributed by atoms with Crippen molar-refractivity contribution < 1.29 is 14.2 Å². The van der Waals surface area contributed by atoms with Crippen LogP contribution in [0.1, 0.15) is 10.7 Å². The van der Waals surface area contributed by atoms with Gasteiger partial charge in [-0.2, -0.15) is 0 Å². The molecule has 0 N–H and O–H groups in total. The largest absolute Gasteiger partial charge is 0.493 e. The van der Waals surface area contributed by atoms with E-state index in [0.29, 0.717) is 29.7 Å². The fourth-order valence-corrected chi connectivity index (χ4v) is 2.75. The molecule has 4 nitrogen and oxygen atoms in total. The fourth-order valence-electron chi connectivity index (χ4n) is 1.74. The fraction of sp³-hybridized carbons (Fsp3) is 0.357. The monoisotopic (exact) mass is 313 g/mol. The first-order valence-electron chi connectivity index (χ1n) is 6.11. The molecule has 2 aromatic rings. The molecule has 0 aliphatic heterocycles. The smallest absolute Gasteiger partial charge is 0.203 e. The van der Waals surface area contributed by atoms with E-state index in [9.17, 15) is 0 Å². The lowest BCUT2D eigenvalue weighted by atomic mass is 10.3. The second-order valence-electron chi connectivity index (χ2n) is 3.96. The molecule has 6 heteroatoms. The van der Waals surface area contributed by atoms with Gasteiger partial charge >= 0.3 is 0 Å².